The van der Waals surface area contributed by atoms with Crippen LogP contribution in [0.3, 0.4) is 0 Å². The van der Waals surface area contributed by atoms with Crippen LogP contribution in [0.2, 0.25) is 0 Å². The normalized spacial score (nSPS) is 28.7. The molecule has 2 aliphatic rings. The summed E-state index contributed by atoms with van der Waals surface area (Å²) < 4.78 is -0.640. The number of anilines is 2. The lowest BCUT2D eigenvalue weighted by Crippen LogP contribution is -2.63. The second kappa shape index (κ2) is 11.3. The van der Waals surface area contributed by atoms with Gasteiger partial charge < -0.3 is 10.6 Å². The number of amides is 2. The van der Waals surface area contributed by atoms with Gasteiger partial charge in [0.1, 0.15) is 26.2 Å². The van der Waals surface area contributed by atoms with Crippen molar-refractivity contribution in [3.8, 4) is 0 Å². The van der Waals surface area contributed by atoms with Crippen LogP contribution in [0.15, 0.2) is 60.7 Å². The third kappa shape index (κ3) is 6.27. The molecule has 0 saturated carbocycles. The van der Waals surface area contributed by atoms with Crippen LogP contribution in [0.5, 0.6) is 0 Å². The van der Waals surface area contributed by atoms with Crippen molar-refractivity contribution in [1.82, 2.24) is 0 Å². The van der Waals surface area contributed by atoms with Crippen molar-refractivity contribution in [3.05, 3.63) is 60.7 Å². The highest BCUT2D eigenvalue weighted by Gasteiger charge is 2.47. The van der Waals surface area contributed by atoms with Crippen molar-refractivity contribution in [1.29, 1.82) is 0 Å². The van der Waals surface area contributed by atoms with Gasteiger partial charge in [0, 0.05) is 24.2 Å². The number of rotatable bonds is 8. The van der Waals surface area contributed by atoms with E-state index >= 15 is 0 Å². The Labute approximate surface area is 207 Å². The van der Waals surface area contributed by atoms with E-state index in [0.29, 0.717) is 45.4 Å². The van der Waals surface area contributed by atoms with E-state index in [-0.39, 0.29) is 21.1 Å². The number of nitrogens with one attached hydrogen (secondary N) is 2. The van der Waals surface area contributed by atoms with Gasteiger partial charge in [0.2, 0.25) is 0 Å². The number of carbonyl (C=O) groups excluding carboxylic acids is 2. The van der Waals surface area contributed by atoms with Crippen molar-refractivity contribution in [2.45, 2.75) is 57.0 Å². The number of nitrogens with zero attached hydrogens (tertiary/aromatic N) is 2. The summed E-state index contributed by atoms with van der Waals surface area (Å²) in [7, 11) is 0. The molecule has 4 N–H and O–H groups in total. The van der Waals surface area contributed by atoms with Crippen LogP contribution in [0.1, 0.15) is 44.9 Å². The van der Waals surface area contributed by atoms with Gasteiger partial charge in [-0.2, -0.15) is 9.29 Å². The third-order valence-electron chi connectivity index (χ3n) is 7.48. The average Bonchev–Trinajstić information content (AvgIpc) is 2.85. The van der Waals surface area contributed by atoms with Gasteiger partial charge in [-0.15, -0.1) is 0 Å². The van der Waals surface area contributed by atoms with Crippen LogP contribution in [0.4, 0.5) is 11.4 Å². The summed E-state index contributed by atoms with van der Waals surface area (Å²) in [4.78, 5) is 26.1. The van der Waals surface area contributed by atoms with Gasteiger partial charge in [0.05, 0.1) is 6.42 Å². The number of hydrogen-bond donors (Lipinski definition) is 4. The Hall–Kier alpha value is -2.78. The fourth-order valence-electron chi connectivity index (χ4n) is 5.59. The molecule has 2 aromatic rings. The van der Waals surface area contributed by atoms with Gasteiger partial charge in [-0.1, -0.05) is 36.4 Å². The minimum absolute atomic E-state index is 0.176. The summed E-state index contributed by atoms with van der Waals surface area (Å²) >= 11 is 0. The fourth-order valence-corrected chi connectivity index (χ4v) is 5.59. The average molecular weight is 483 g/mol. The quantitative estimate of drug-likeness (QED) is 0.425. The molecule has 0 aliphatic carbocycles. The van der Waals surface area contributed by atoms with E-state index in [2.05, 4.69) is 10.6 Å². The van der Waals surface area contributed by atoms with Crippen molar-refractivity contribution < 1.29 is 29.3 Å². The Balaban J connectivity index is 1.38. The molecule has 2 aromatic carbocycles. The molecule has 35 heavy (non-hydrogen) atoms. The molecule has 0 bridgehead atoms. The van der Waals surface area contributed by atoms with Gasteiger partial charge in [0.15, 0.2) is 12.1 Å². The minimum atomic E-state index is -0.547. The third-order valence-corrected chi connectivity index (χ3v) is 7.48. The van der Waals surface area contributed by atoms with Crippen LogP contribution in [-0.2, 0) is 9.59 Å². The predicted molar refractivity (Wildman–Crippen MR) is 134 cm³/mol. The monoisotopic (exact) mass is 482 g/mol. The number of hydroxylamine groups is 6. The maximum Gasteiger partial charge on any atom is 0.285 e. The van der Waals surface area contributed by atoms with E-state index in [0.717, 1.165) is 37.1 Å². The molecular weight excluding hydrogens is 444 g/mol. The molecule has 4 rings (SSSR count). The molecule has 2 amide bonds. The largest absolute Gasteiger partial charge is 0.321 e. The summed E-state index contributed by atoms with van der Waals surface area (Å²) in [6.07, 6.45) is 5.26. The molecule has 0 aromatic heterocycles. The second-order valence-electron chi connectivity index (χ2n) is 9.96. The number of hydrogen-bond acceptors (Lipinski definition) is 4. The minimum Gasteiger partial charge on any atom is -0.321 e. The zero-order valence-corrected chi connectivity index (χ0v) is 20.3. The summed E-state index contributed by atoms with van der Waals surface area (Å²) in [5, 5.41) is 28.8. The van der Waals surface area contributed by atoms with Gasteiger partial charge in [0.25, 0.3) is 11.8 Å². The molecule has 0 spiro atoms. The van der Waals surface area contributed by atoms with E-state index < -0.39 is 12.1 Å². The van der Waals surface area contributed by atoms with Crippen molar-refractivity contribution in [2.24, 2.45) is 0 Å². The molecule has 188 valence electrons. The molecule has 2 heterocycles. The number of carbonyl (C=O) groups is 2. The number of benzene rings is 2. The zero-order valence-electron chi connectivity index (χ0n) is 20.3. The summed E-state index contributed by atoms with van der Waals surface area (Å²) in [5.41, 5.74) is 1.44. The number of quaternary nitrogens is 2. The Morgan fingerprint density at radius 1 is 0.686 bits per heavy atom. The lowest BCUT2D eigenvalue weighted by Gasteiger charge is -2.42. The summed E-state index contributed by atoms with van der Waals surface area (Å²) in [6, 6.07) is 17.5. The van der Waals surface area contributed by atoms with Gasteiger partial charge >= 0.3 is 0 Å². The van der Waals surface area contributed by atoms with Crippen LogP contribution >= 0.6 is 0 Å². The Kier molecular flexibility index (Phi) is 8.18. The smallest absolute Gasteiger partial charge is 0.285 e. The first-order chi connectivity index (χ1) is 16.9. The van der Waals surface area contributed by atoms with Gasteiger partial charge in [-0.05, 0) is 49.9 Å². The van der Waals surface area contributed by atoms with Gasteiger partial charge in [-0.25, -0.2) is 10.4 Å². The molecule has 2 fully saturated rings. The van der Waals surface area contributed by atoms with E-state index in [1.165, 1.54) is 0 Å². The highest BCUT2D eigenvalue weighted by Crippen LogP contribution is 2.28. The Morgan fingerprint density at radius 3 is 1.49 bits per heavy atom. The first-order valence-corrected chi connectivity index (χ1v) is 12.8. The standard InChI is InChI=1S/C27H36N4O4/c32-26(28-22-12-3-1-4-13-22)24-16-7-9-18-30(24,34)20-11-21-31(35)19-10-8-17-25(31)27(33)29-23-14-5-2-6-15-23/h1-6,12-15,24-25,34-35H,7-11,16-21H2/p+2/t24-,25-,30?,31?/m0/s1. The zero-order chi connectivity index (χ0) is 24.7. The first-order valence-electron chi connectivity index (χ1n) is 12.8. The molecule has 8 nitrogen and oxygen atoms in total. The van der Waals surface area contributed by atoms with Gasteiger partial charge in [-0.3, -0.25) is 9.59 Å². The van der Waals surface area contributed by atoms with Crippen molar-refractivity contribution in [2.75, 3.05) is 36.8 Å². The SMILES string of the molecule is O=C(Nc1ccccc1)[C@@H]1CCCC[N+]1(O)CCC[N+]1(O)CCCC[C@H]1C(=O)Nc1ccccc1. The van der Waals surface area contributed by atoms with Crippen molar-refractivity contribution in [3.63, 3.8) is 0 Å². The fraction of sp³-hybridized carbons (Fsp3) is 0.481. The van der Waals surface area contributed by atoms with Crippen LogP contribution in [-0.4, -0.2) is 69.8 Å². The molecular formula is C27H38N4O4+2. The molecule has 0 radical (unpaired) electrons. The lowest BCUT2D eigenvalue weighted by atomic mass is 9.98. The molecule has 2 aliphatic heterocycles. The van der Waals surface area contributed by atoms with E-state index in [1.807, 2.05) is 60.7 Å². The molecule has 4 atom stereocenters. The highest BCUT2D eigenvalue weighted by molar-refractivity contribution is 5.94. The Morgan fingerprint density at radius 2 is 1.09 bits per heavy atom. The van der Waals surface area contributed by atoms with Crippen LogP contribution < -0.4 is 10.6 Å². The summed E-state index contributed by atoms with van der Waals surface area (Å²) in [6.45, 7) is 1.74. The maximum atomic E-state index is 13.0. The lowest BCUT2D eigenvalue weighted by molar-refractivity contribution is -1.13. The predicted octanol–water partition coefficient (Wildman–Crippen LogP) is 4.17. The van der Waals surface area contributed by atoms with Crippen molar-refractivity contribution >= 4 is 23.2 Å². The highest BCUT2D eigenvalue weighted by atomic mass is 16.6. The molecule has 2 unspecified atom stereocenters. The number of para-hydroxylation sites is 2. The Bertz CT molecular complexity index is 910. The number of likely N-dealkylation sites (tertiary alicyclic amines) is 2. The number of piperidine rings is 2. The molecule has 8 heteroatoms. The van der Waals surface area contributed by atoms with Crippen LogP contribution in [0, 0.1) is 0 Å². The topological polar surface area (TPSA) is 98.7 Å². The molecule has 2 saturated heterocycles. The van der Waals surface area contributed by atoms with E-state index in [1.54, 1.807) is 0 Å². The first kappa shape index (κ1) is 25.3. The summed E-state index contributed by atoms with van der Waals surface area (Å²) in [5.74, 6) is -0.353. The maximum absolute atomic E-state index is 13.0. The van der Waals surface area contributed by atoms with Crippen LogP contribution in [0.25, 0.3) is 0 Å². The van der Waals surface area contributed by atoms with E-state index in [4.69, 9.17) is 0 Å². The second-order valence-corrected chi connectivity index (χ2v) is 9.96. The van der Waals surface area contributed by atoms with E-state index in [9.17, 15) is 20.0 Å².